The van der Waals surface area contributed by atoms with Gasteiger partial charge in [-0.2, -0.15) is 0 Å². The molecular formula is C18H21N3O4S. The van der Waals surface area contributed by atoms with Gasteiger partial charge in [-0.05, 0) is 30.9 Å². The third-order valence-corrected chi connectivity index (χ3v) is 6.09. The number of carbonyl (C=O) groups is 2. The van der Waals surface area contributed by atoms with Crippen LogP contribution >= 0.6 is 0 Å². The minimum absolute atomic E-state index is 0.201. The lowest BCUT2D eigenvalue weighted by Crippen LogP contribution is -2.48. The van der Waals surface area contributed by atoms with Crippen LogP contribution in [-0.2, 0) is 19.6 Å². The van der Waals surface area contributed by atoms with Gasteiger partial charge in [-0.25, -0.2) is 8.42 Å². The molecule has 7 nitrogen and oxygen atoms in total. The van der Waals surface area contributed by atoms with Gasteiger partial charge in [0.2, 0.25) is 11.8 Å². The molecule has 1 unspecified atom stereocenters. The Labute approximate surface area is 152 Å². The average Bonchev–Trinajstić information content (AvgIpc) is 2.83. The topological polar surface area (TPSA) is 95.6 Å². The maximum absolute atomic E-state index is 12.8. The van der Waals surface area contributed by atoms with Gasteiger partial charge in [0, 0.05) is 11.9 Å². The highest BCUT2D eigenvalue weighted by Crippen LogP contribution is 2.41. The van der Waals surface area contributed by atoms with Crippen LogP contribution in [-0.4, -0.2) is 39.4 Å². The number of benzene rings is 2. The summed E-state index contributed by atoms with van der Waals surface area (Å²) in [6.07, 6.45) is 0.792. The number of hydrogen-bond donors (Lipinski definition) is 2. The monoisotopic (exact) mass is 375 g/mol. The molecule has 0 saturated heterocycles. The van der Waals surface area contributed by atoms with Gasteiger partial charge in [-0.3, -0.25) is 13.9 Å². The second-order valence-corrected chi connectivity index (χ2v) is 8.05. The summed E-state index contributed by atoms with van der Waals surface area (Å²) in [7, 11) is -3.79. The van der Waals surface area contributed by atoms with Gasteiger partial charge in [-0.1, -0.05) is 31.2 Å². The smallest absolute Gasteiger partial charge is 0.265 e. The Morgan fingerprint density at radius 2 is 1.85 bits per heavy atom. The van der Waals surface area contributed by atoms with E-state index in [2.05, 4.69) is 10.6 Å². The number of nitrogens with zero attached hydrogens (tertiary/aromatic N) is 1. The van der Waals surface area contributed by atoms with Crippen LogP contribution in [0.1, 0.15) is 20.3 Å². The SMILES string of the molecule is CCCNC(=O)C(C)NC(=O)CN1c2cccc3cccc(c23)S1(=O)=O. The van der Waals surface area contributed by atoms with E-state index >= 15 is 0 Å². The fraction of sp³-hybridized carbons (Fsp3) is 0.333. The predicted molar refractivity (Wildman–Crippen MR) is 99.4 cm³/mol. The van der Waals surface area contributed by atoms with Crippen molar-refractivity contribution in [3.8, 4) is 0 Å². The molecule has 0 aromatic heterocycles. The molecule has 0 fully saturated rings. The Hall–Kier alpha value is -2.61. The molecule has 1 atom stereocenters. The van der Waals surface area contributed by atoms with Crippen LogP contribution < -0.4 is 14.9 Å². The number of sulfonamides is 1. The van der Waals surface area contributed by atoms with Crippen molar-refractivity contribution in [3.05, 3.63) is 36.4 Å². The molecular weight excluding hydrogens is 354 g/mol. The van der Waals surface area contributed by atoms with E-state index in [1.165, 1.54) is 0 Å². The first-order chi connectivity index (χ1) is 12.4. The van der Waals surface area contributed by atoms with Gasteiger partial charge >= 0.3 is 0 Å². The highest BCUT2D eigenvalue weighted by Gasteiger charge is 2.36. The summed E-state index contributed by atoms with van der Waals surface area (Å²) < 4.78 is 26.8. The third kappa shape index (κ3) is 3.12. The lowest BCUT2D eigenvalue weighted by atomic mass is 10.1. The number of anilines is 1. The maximum Gasteiger partial charge on any atom is 0.265 e. The van der Waals surface area contributed by atoms with E-state index in [4.69, 9.17) is 0 Å². The van der Waals surface area contributed by atoms with Crippen molar-refractivity contribution in [3.63, 3.8) is 0 Å². The van der Waals surface area contributed by atoms with Gasteiger partial charge in [0.15, 0.2) is 0 Å². The third-order valence-electron chi connectivity index (χ3n) is 4.29. The zero-order valence-electron chi connectivity index (χ0n) is 14.7. The molecule has 2 amide bonds. The van der Waals surface area contributed by atoms with Crippen LogP contribution in [0.2, 0.25) is 0 Å². The number of nitrogens with one attached hydrogen (secondary N) is 2. The van der Waals surface area contributed by atoms with Gasteiger partial charge in [0.05, 0.1) is 10.6 Å². The van der Waals surface area contributed by atoms with Crippen molar-refractivity contribution in [2.24, 2.45) is 0 Å². The van der Waals surface area contributed by atoms with E-state index < -0.39 is 22.0 Å². The molecule has 1 heterocycles. The number of rotatable bonds is 6. The predicted octanol–water partition coefficient (Wildman–Crippen LogP) is 1.38. The zero-order chi connectivity index (χ0) is 18.9. The van der Waals surface area contributed by atoms with Crippen LogP contribution in [0.4, 0.5) is 5.69 Å². The zero-order valence-corrected chi connectivity index (χ0v) is 15.5. The Bertz CT molecular complexity index is 966. The van der Waals surface area contributed by atoms with Gasteiger partial charge in [0.1, 0.15) is 12.6 Å². The van der Waals surface area contributed by atoms with Crippen molar-refractivity contribution < 1.29 is 18.0 Å². The van der Waals surface area contributed by atoms with E-state index in [0.29, 0.717) is 17.6 Å². The van der Waals surface area contributed by atoms with E-state index in [1.54, 1.807) is 31.2 Å². The second kappa shape index (κ2) is 6.95. The summed E-state index contributed by atoms with van der Waals surface area (Å²) in [5.41, 5.74) is 0.483. The van der Waals surface area contributed by atoms with Crippen molar-refractivity contribution in [1.29, 1.82) is 0 Å². The minimum Gasteiger partial charge on any atom is -0.354 e. The number of hydrogen-bond acceptors (Lipinski definition) is 4. The van der Waals surface area contributed by atoms with Crippen LogP contribution in [0.25, 0.3) is 10.8 Å². The normalized spacial score (nSPS) is 15.7. The van der Waals surface area contributed by atoms with E-state index in [-0.39, 0.29) is 17.3 Å². The van der Waals surface area contributed by atoms with Crippen molar-refractivity contribution in [2.75, 3.05) is 17.4 Å². The Kier molecular flexibility index (Phi) is 4.86. The largest absolute Gasteiger partial charge is 0.354 e. The second-order valence-electron chi connectivity index (χ2n) is 6.22. The Morgan fingerprint density at radius 3 is 2.54 bits per heavy atom. The number of carbonyl (C=O) groups excluding carboxylic acids is 2. The van der Waals surface area contributed by atoms with Crippen molar-refractivity contribution in [2.45, 2.75) is 31.2 Å². The summed E-state index contributed by atoms with van der Waals surface area (Å²) in [6, 6.07) is 9.60. The summed E-state index contributed by atoms with van der Waals surface area (Å²) >= 11 is 0. The van der Waals surface area contributed by atoms with Crippen LogP contribution in [0.15, 0.2) is 41.3 Å². The van der Waals surface area contributed by atoms with E-state index in [0.717, 1.165) is 16.1 Å². The Balaban J connectivity index is 1.80. The Morgan fingerprint density at radius 1 is 1.15 bits per heavy atom. The van der Waals surface area contributed by atoms with Crippen molar-refractivity contribution >= 4 is 38.3 Å². The maximum atomic E-state index is 12.8. The van der Waals surface area contributed by atoms with E-state index in [1.807, 2.05) is 19.1 Å². The quantitative estimate of drug-likeness (QED) is 0.797. The molecule has 1 aliphatic heterocycles. The fourth-order valence-corrected chi connectivity index (χ4v) is 4.68. The molecule has 0 radical (unpaired) electrons. The molecule has 2 N–H and O–H groups in total. The minimum atomic E-state index is -3.79. The first kappa shape index (κ1) is 18.2. The molecule has 8 heteroatoms. The standard InChI is InChI=1S/C18H21N3O4S/c1-3-10-19-18(23)12(2)20-16(22)11-21-14-8-4-6-13-7-5-9-15(17(13)14)26(21,24)25/h4-9,12H,3,10-11H2,1-2H3,(H,19,23)(H,20,22). The molecule has 26 heavy (non-hydrogen) atoms. The van der Waals surface area contributed by atoms with Gasteiger partial charge in [0.25, 0.3) is 10.0 Å². The molecule has 138 valence electrons. The van der Waals surface area contributed by atoms with Gasteiger partial charge < -0.3 is 10.6 Å². The first-order valence-corrected chi connectivity index (χ1v) is 9.92. The molecule has 0 spiro atoms. The fourth-order valence-electron chi connectivity index (χ4n) is 3.01. The lowest BCUT2D eigenvalue weighted by Gasteiger charge is -2.20. The van der Waals surface area contributed by atoms with Crippen LogP contribution in [0.5, 0.6) is 0 Å². The highest BCUT2D eigenvalue weighted by atomic mass is 32.2. The van der Waals surface area contributed by atoms with Crippen LogP contribution in [0, 0.1) is 0 Å². The molecule has 2 aromatic rings. The lowest BCUT2D eigenvalue weighted by molar-refractivity contribution is -0.127. The molecule has 0 bridgehead atoms. The molecule has 3 rings (SSSR count). The molecule has 0 aliphatic carbocycles. The highest BCUT2D eigenvalue weighted by molar-refractivity contribution is 7.93. The molecule has 2 aromatic carbocycles. The first-order valence-electron chi connectivity index (χ1n) is 8.48. The van der Waals surface area contributed by atoms with Crippen LogP contribution in [0.3, 0.4) is 0 Å². The molecule has 1 aliphatic rings. The van der Waals surface area contributed by atoms with Crippen molar-refractivity contribution in [1.82, 2.24) is 10.6 Å². The summed E-state index contributed by atoms with van der Waals surface area (Å²) in [5, 5.41) is 6.67. The van der Waals surface area contributed by atoms with E-state index in [9.17, 15) is 18.0 Å². The number of amides is 2. The molecule has 0 saturated carbocycles. The summed E-state index contributed by atoms with van der Waals surface area (Å²) in [6.45, 7) is 3.65. The summed E-state index contributed by atoms with van der Waals surface area (Å²) in [5.74, 6) is -0.826. The van der Waals surface area contributed by atoms with Gasteiger partial charge in [-0.15, -0.1) is 0 Å². The summed E-state index contributed by atoms with van der Waals surface area (Å²) in [4.78, 5) is 24.4. The average molecular weight is 375 g/mol.